The zero-order chi connectivity index (χ0) is 13.8. The molecule has 1 aromatic heterocycles. The molecule has 1 saturated heterocycles. The van der Waals surface area contributed by atoms with Crippen LogP contribution in [0.4, 0.5) is 5.82 Å². The van der Waals surface area contributed by atoms with Crippen LogP contribution in [0.2, 0.25) is 0 Å². The van der Waals surface area contributed by atoms with E-state index < -0.39 is 0 Å². The van der Waals surface area contributed by atoms with Gasteiger partial charge in [0.25, 0.3) is 0 Å². The molecule has 1 aliphatic heterocycles. The number of carbonyl (C=O) groups excluding carboxylic acids is 1. The molecule has 6 nitrogen and oxygen atoms in total. The average molecular weight is 280 g/mol. The molecule has 0 saturated carbocycles. The highest BCUT2D eigenvalue weighted by Crippen LogP contribution is 2.26. The fourth-order valence-electron chi connectivity index (χ4n) is 2.22. The Morgan fingerprint density at radius 2 is 2.32 bits per heavy atom. The molecule has 7 heteroatoms. The van der Waals surface area contributed by atoms with Crippen LogP contribution in [0.15, 0.2) is 12.4 Å². The lowest BCUT2D eigenvalue weighted by Gasteiger charge is -2.25. The van der Waals surface area contributed by atoms with E-state index in [9.17, 15) is 4.79 Å². The van der Waals surface area contributed by atoms with Crippen molar-refractivity contribution in [1.82, 2.24) is 9.97 Å². The van der Waals surface area contributed by atoms with Crippen LogP contribution in [0.5, 0.6) is 0 Å². The maximum atomic E-state index is 11.9. The van der Waals surface area contributed by atoms with Gasteiger partial charge >= 0.3 is 5.97 Å². The SMILES string of the molecule is CCOC(=O)C1CCCN1c1nccnc1C(N)=S. The average Bonchev–Trinajstić information content (AvgIpc) is 2.88. The molecule has 1 aliphatic rings. The first-order valence-electron chi connectivity index (χ1n) is 6.19. The number of anilines is 1. The molecule has 0 radical (unpaired) electrons. The van der Waals surface area contributed by atoms with Crippen molar-refractivity contribution in [2.24, 2.45) is 5.73 Å². The van der Waals surface area contributed by atoms with Gasteiger partial charge in [-0.1, -0.05) is 12.2 Å². The number of carbonyl (C=O) groups is 1. The molecule has 2 rings (SSSR count). The van der Waals surface area contributed by atoms with Crippen molar-refractivity contribution in [1.29, 1.82) is 0 Å². The van der Waals surface area contributed by atoms with Crippen molar-refractivity contribution >= 4 is 29.0 Å². The summed E-state index contributed by atoms with van der Waals surface area (Å²) >= 11 is 4.97. The molecular weight excluding hydrogens is 264 g/mol. The summed E-state index contributed by atoms with van der Waals surface area (Å²) in [6, 6.07) is -0.329. The summed E-state index contributed by atoms with van der Waals surface area (Å²) in [4.78, 5) is 22.4. The molecule has 1 fully saturated rings. The van der Waals surface area contributed by atoms with Crippen LogP contribution in [0.25, 0.3) is 0 Å². The molecule has 2 heterocycles. The molecule has 19 heavy (non-hydrogen) atoms. The third kappa shape index (κ3) is 2.81. The third-order valence-electron chi connectivity index (χ3n) is 3.00. The number of aromatic nitrogens is 2. The van der Waals surface area contributed by atoms with Crippen molar-refractivity contribution in [3.8, 4) is 0 Å². The Morgan fingerprint density at radius 3 is 3.00 bits per heavy atom. The molecule has 0 aliphatic carbocycles. The first kappa shape index (κ1) is 13.7. The summed E-state index contributed by atoms with van der Waals surface area (Å²) in [6.45, 7) is 2.88. The summed E-state index contributed by atoms with van der Waals surface area (Å²) in [7, 11) is 0. The number of ether oxygens (including phenoxy) is 1. The van der Waals surface area contributed by atoms with Crippen LogP contribution in [0.3, 0.4) is 0 Å². The quantitative estimate of drug-likeness (QED) is 0.640. The van der Waals surface area contributed by atoms with Crippen molar-refractivity contribution in [2.45, 2.75) is 25.8 Å². The van der Waals surface area contributed by atoms with Gasteiger partial charge in [-0.25, -0.2) is 14.8 Å². The van der Waals surface area contributed by atoms with Crippen molar-refractivity contribution in [3.63, 3.8) is 0 Å². The third-order valence-corrected chi connectivity index (χ3v) is 3.19. The number of thiocarbonyl (C=S) groups is 1. The van der Waals surface area contributed by atoms with E-state index in [1.165, 1.54) is 6.20 Å². The maximum Gasteiger partial charge on any atom is 0.328 e. The van der Waals surface area contributed by atoms with E-state index >= 15 is 0 Å². The molecular formula is C12H16N4O2S. The van der Waals surface area contributed by atoms with Crippen LogP contribution < -0.4 is 10.6 Å². The number of hydrogen-bond donors (Lipinski definition) is 1. The minimum atomic E-state index is -0.329. The van der Waals surface area contributed by atoms with E-state index in [-0.39, 0.29) is 17.0 Å². The zero-order valence-corrected chi connectivity index (χ0v) is 11.5. The van der Waals surface area contributed by atoms with E-state index in [0.717, 1.165) is 19.4 Å². The highest BCUT2D eigenvalue weighted by Gasteiger charge is 2.34. The summed E-state index contributed by atoms with van der Waals surface area (Å²) in [6.07, 6.45) is 4.74. The predicted octanol–water partition coefficient (Wildman–Crippen LogP) is 0.643. The molecule has 0 spiro atoms. The Hall–Kier alpha value is -1.76. The first-order valence-corrected chi connectivity index (χ1v) is 6.60. The van der Waals surface area contributed by atoms with Crippen LogP contribution in [-0.2, 0) is 9.53 Å². The minimum absolute atomic E-state index is 0.178. The van der Waals surface area contributed by atoms with Gasteiger partial charge in [-0.3, -0.25) is 0 Å². The van der Waals surface area contributed by atoms with Crippen LogP contribution in [-0.4, -0.2) is 40.1 Å². The van der Waals surface area contributed by atoms with Gasteiger partial charge in [0.05, 0.1) is 6.61 Å². The zero-order valence-electron chi connectivity index (χ0n) is 10.7. The number of esters is 1. The Morgan fingerprint density at radius 1 is 1.58 bits per heavy atom. The number of rotatable bonds is 4. The smallest absolute Gasteiger partial charge is 0.328 e. The lowest BCUT2D eigenvalue weighted by Crippen LogP contribution is -2.39. The topological polar surface area (TPSA) is 81.3 Å². The second-order valence-corrected chi connectivity index (χ2v) is 4.64. The summed E-state index contributed by atoms with van der Waals surface area (Å²) in [5.41, 5.74) is 6.10. The molecule has 0 amide bonds. The number of nitrogens with two attached hydrogens (primary N) is 1. The highest BCUT2D eigenvalue weighted by atomic mass is 32.1. The predicted molar refractivity (Wildman–Crippen MR) is 74.9 cm³/mol. The van der Waals surface area contributed by atoms with Crippen molar-refractivity contribution in [3.05, 3.63) is 18.1 Å². The van der Waals surface area contributed by atoms with Gasteiger partial charge in [0.1, 0.15) is 16.7 Å². The monoisotopic (exact) mass is 280 g/mol. The van der Waals surface area contributed by atoms with Crippen LogP contribution in [0, 0.1) is 0 Å². The lowest BCUT2D eigenvalue weighted by atomic mass is 10.2. The fourth-order valence-corrected chi connectivity index (χ4v) is 2.36. The normalized spacial score (nSPS) is 18.4. The molecule has 0 bridgehead atoms. The van der Waals surface area contributed by atoms with Gasteiger partial charge in [-0.2, -0.15) is 0 Å². The molecule has 2 N–H and O–H groups in total. The van der Waals surface area contributed by atoms with Gasteiger partial charge in [0.2, 0.25) is 0 Å². The van der Waals surface area contributed by atoms with E-state index in [1.807, 2.05) is 4.90 Å². The van der Waals surface area contributed by atoms with E-state index in [1.54, 1.807) is 13.1 Å². The van der Waals surface area contributed by atoms with Gasteiger partial charge in [0, 0.05) is 18.9 Å². The Balaban J connectivity index is 2.30. The van der Waals surface area contributed by atoms with Crippen molar-refractivity contribution in [2.75, 3.05) is 18.1 Å². The van der Waals surface area contributed by atoms with E-state index in [0.29, 0.717) is 18.1 Å². The molecule has 1 unspecified atom stereocenters. The van der Waals surface area contributed by atoms with Gasteiger partial charge in [-0.05, 0) is 19.8 Å². The second-order valence-electron chi connectivity index (χ2n) is 4.20. The Bertz CT molecular complexity index is 494. The van der Waals surface area contributed by atoms with Crippen LogP contribution in [0.1, 0.15) is 25.5 Å². The second kappa shape index (κ2) is 5.92. The van der Waals surface area contributed by atoms with E-state index in [2.05, 4.69) is 9.97 Å². The van der Waals surface area contributed by atoms with Gasteiger partial charge in [0.15, 0.2) is 5.82 Å². The number of hydrogen-bond acceptors (Lipinski definition) is 6. The Labute approximate surface area is 117 Å². The molecule has 1 atom stereocenters. The Kier molecular flexibility index (Phi) is 4.26. The standard InChI is InChI=1S/C12H16N4O2S/c1-2-18-12(17)8-4-3-7-16(8)11-9(10(13)19)14-5-6-15-11/h5-6,8H,2-4,7H2,1H3,(H2,13,19). The molecule has 102 valence electrons. The minimum Gasteiger partial charge on any atom is -0.464 e. The molecule has 1 aromatic rings. The van der Waals surface area contributed by atoms with E-state index in [4.69, 9.17) is 22.7 Å². The first-order chi connectivity index (χ1) is 9.15. The van der Waals surface area contributed by atoms with Crippen LogP contribution >= 0.6 is 12.2 Å². The van der Waals surface area contributed by atoms with Gasteiger partial charge < -0.3 is 15.4 Å². The van der Waals surface area contributed by atoms with Crippen molar-refractivity contribution < 1.29 is 9.53 Å². The summed E-state index contributed by atoms with van der Waals surface area (Å²) < 4.78 is 5.09. The largest absolute Gasteiger partial charge is 0.464 e. The highest BCUT2D eigenvalue weighted by molar-refractivity contribution is 7.80. The van der Waals surface area contributed by atoms with Gasteiger partial charge in [-0.15, -0.1) is 0 Å². The molecule has 0 aromatic carbocycles. The maximum absolute atomic E-state index is 11.9. The summed E-state index contributed by atoms with van der Waals surface area (Å²) in [5, 5.41) is 0. The summed E-state index contributed by atoms with van der Waals surface area (Å²) in [5.74, 6) is 0.324. The lowest BCUT2D eigenvalue weighted by molar-refractivity contribution is -0.144. The fraction of sp³-hybridized carbons (Fsp3) is 0.500. The number of nitrogens with zero attached hydrogens (tertiary/aromatic N) is 3.